The second kappa shape index (κ2) is 10.9. The van der Waals surface area contributed by atoms with Crippen LogP contribution in [0.15, 0.2) is 76.4 Å². The first-order valence-corrected chi connectivity index (χ1v) is 14.1. The minimum atomic E-state index is -0.128. The molecule has 2 amide bonds. The number of oxazole rings is 1. The third kappa shape index (κ3) is 4.95. The van der Waals surface area contributed by atoms with Crippen molar-refractivity contribution in [3.63, 3.8) is 0 Å². The number of aromatic nitrogens is 2. The standard InChI is InChI=1S/C30H31N9O3/c1-36-34-28(33-35-36)27(20-6-3-2-4-7-20)37-14-16-38(17-15-37)30(41)24-18-21(11-12-31-24)29-32-23-19-22(9-10-25(23)42-29)39-13-5-8-26(39)40/h2-4,6-7,9-12,18-19,27,35H,5,8,13-17H2,1H3,(H,33,34). The van der Waals surface area contributed by atoms with Gasteiger partial charge in [-0.15, -0.1) is 10.2 Å². The number of hydrogen-bond donors (Lipinski definition) is 2. The van der Waals surface area contributed by atoms with E-state index in [1.54, 1.807) is 28.3 Å². The highest BCUT2D eigenvalue weighted by molar-refractivity contribution is 5.97. The molecule has 214 valence electrons. The molecule has 1 atom stereocenters. The van der Waals surface area contributed by atoms with Crippen LogP contribution >= 0.6 is 0 Å². The zero-order valence-corrected chi connectivity index (χ0v) is 23.2. The number of nitrogens with zero attached hydrogens (tertiary/aromatic N) is 7. The SMILES string of the molecule is CN1NN=C(C(c2ccccc2)N2CCN(C(=O)c3cc(-c4nc5cc(N6CCCC6=O)ccc5o4)ccn3)CC2)N1. The number of hydrazine groups is 2. The summed E-state index contributed by atoms with van der Waals surface area (Å²) >= 11 is 0. The number of amidine groups is 1. The fraction of sp³-hybridized carbons (Fsp3) is 0.300. The number of carbonyl (C=O) groups excluding carboxylic acids is 2. The van der Waals surface area contributed by atoms with Crippen LogP contribution in [0.5, 0.6) is 0 Å². The highest BCUT2D eigenvalue weighted by atomic mass is 16.3. The van der Waals surface area contributed by atoms with E-state index in [0.717, 1.165) is 23.5 Å². The first-order chi connectivity index (χ1) is 20.5. The van der Waals surface area contributed by atoms with Crippen LogP contribution < -0.4 is 15.9 Å². The molecule has 2 N–H and O–H groups in total. The Morgan fingerprint density at radius 2 is 1.83 bits per heavy atom. The molecule has 5 heterocycles. The number of fused-ring (bicyclic) bond motifs is 1. The van der Waals surface area contributed by atoms with Gasteiger partial charge in [-0.3, -0.25) is 24.9 Å². The molecule has 4 aromatic rings. The zero-order chi connectivity index (χ0) is 28.6. The molecule has 2 fully saturated rings. The lowest BCUT2D eigenvalue weighted by Crippen LogP contribution is -2.52. The smallest absolute Gasteiger partial charge is 0.272 e. The van der Waals surface area contributed by atoms with E-state index >= 15 is 0 Å². The third-order valence-electron chi connectivity index (χ3n) is 7.93. The second-order valence-electron chi connectivity index (χ2n) is 10.7. The molecule has 2 aromatic heterocycles. The summed E-state index contributed by atoms with van der Waals surface area (Å²) in [5, 5.41) is 6.19. The Morgan fingerprint density at radius 3 is 2.57 bits per heavy atom. The molecule has 12 heteroatoms. The van der Waals surface area contributed by atoms with Crippen molar-refractivity contribution in [2.45, 2.75) is 18.9 Å². The summed E-state index contributed by atoms with van der Waals surface area (Å²) in [6.07, 6.45) is 3.04. The number of carbonyl (C=O) groups is 2. The average molecular weight is 566 g/mol. The second-order valence-corrected chi connectivity index (χ2v) is 10.7. The monoisotopic (exact) mass is 565 g/mol. The fourth-order valence-corrected chi connectivity index (χ4v) is 5.80. The van der Waals surface area contributed by atoms with Crippen molar-refractivity contribution in [1.82, 2.24) is 35.8 Å². The lowest BCUT2D eigenvalue weighted by atomic mass is 10.0. The number of hydrazone groups is 1. The van der Waals surface area contributed by atoms with Crippen molar-refractivity contribution < 1.29 is 14.0 Å². The van der Waals surface area contributed by atoms with Crippen molar-refractivity contribution in [1.29, 1.82) is 0 Å². The van der Waals surface area contributed by atoms with Crippen LogP contribution in [0.4, 0.5) is 5.69 Å². The Kier molecular flexibility index (Phi) is 6.76. The molecule has 0 bridgehead atoms. The number of hydrogen-bond acceptors (Lipinski definition) is 10. The van der Waals surface area contributed by atoms with Crippen LogP contribution in [0.1, 0.15) is 34.9 Å². The maximum absolute atomic E-state index is 13.5. The van der Waals surface area contributed by atoms with E-state index < -0.39 is 0 Å². The summed E-state index contributed by atoms with van der Waals surface area (Å²) in [5.41, 5.74) is 10.5. The van der Waals surface area contributed by atoms with Crippen molar-refractivity contribution in [2.24, 2.45) is 5.10 Å². The van der Waals surface area contributed by atoms with Gasteiger partial charge < -0.3 is 14.2 Å². The van der Waals surface area contributed by atoms with Gasteiger partial charge in [0.05, 0.1) is 6.04 Å². The van der Waals surface area contributed by atoms with Crippen molar-refractivity contribution in [3.05, 3.63) is 78.1 Å². The summed E-state index contributed by atoms with van der Waals surface area (Å²) in [7, 11) is 1.87. The molecular formula is C30H31N9O3. The van der Waals surface area contributed by atoms with Gasteiger partial charge in [0.25, 0.3) is 5.91 Å². The molecule has 1 unspecified atom stereocenters. The minimum absolute atomic E-state index is 0.0642. The Balaban J connectivity index is 1.06. The highest BCUT2D eigenvalue weighted by Gasteiger charge is 2.33. The summed E-state index contributed by atoms with van der Waals surface area (Å²) in [4.78, 5) is 40.7. The summed E-state index contributed by atoms with van der Waals surface area (Å²) < 4.78 is 6.02. The van der Waals surface area contributed by atoms with Gasteiger partial charge >= 0.3 is 0 Å². The van der Waals surface area contributed by atoms with Crippen LogP contribution in [0.3, 0.4) is 0 Å². The first-order valence-electron chi connectivity index (χ1n) is 14.1. The molecule has 0 radical (unpaired) electrons. The number of pyridine rings is 1. The normalized spacial score (nSPS) is 18.7. The van der Waals surface area contributed by atoms with E-state index in [2.05, 4.69) is 43.1 Å². The van der Waals surface area contributed by atoms with E-state index in [0.29, 0.717) is 67.4 Å². The molecule has 3 aliphatic rings. The number of piperazine rings is 1. The van der Waals surface area contributed by atoms with Gasteiger partial charge in [-0.05, 0) is 42.3 Å². The summed E-state index contributed by atoms with van der Waals surface area (Å²) in [6.45, 7) is 3.20. The predicted octanol–water partition coefficient (Wildman–Crippen LogP) is 2.78. The van der Waals surface area contributed by atoms with E-state index in [9.17, 15) is 9.59 Å². The Morgan fingerprint density at radius 1 is 1.00 bits per heavy atom. The van der Waals surface area contributed by atoms with E-state index in [4.69, 9.17) is 4.42 Å². The number of rotatable bonds is 6. The number of amides is 2. The molecule has 2 aromatic carbocycles. The van der Waals surface area contributed by atoms with Gasteiger partial charge in [-0.25, -0.2) is 10.5 Å². The van der Waals surface area contributed by atoms with Gasteiger partial charge in [0.2, 0.25) is 11.8 Å². The minimum Gasteiger partial charge on any atom is -0.436 e. The largest absolute Gasteiger partial charge is 0.436 e. The topological polar surface area (TPSA) is 122 Å². The van der Waals surface area contributed by atoms with Crippen LogP contribution in [0, 0.1) is 0 Å². The van der Waals surface area contributed by atoms with Gasteiger partial charge in [0.1, 0.15) is 11.2 Å². The van der Waals surface area contributed by atoms with E-state index in [1.807, 2.05) is 48.3 Å². The molecule has 0 saturated carbocycles. The molecule has 12 nitrogen and oxygen atoms in total. The Hall–Kier alpha value is -4.81. The maximum atomic E-state index is 13.5. The summed E-state index contributed by atoms with van der Waals surface area (Å²) in [6, 6.07) is 19.3. The number of benzene rings is 2. The van der Waals surface area contributed by atoms with Gasteiger partial charge in [-0.1, -0.05) is 30.3 Å². The fourth-order valence-electron chi connectivity index (χ4n) is 5.80. The first kappa shape index (κ1) is 26.1. The maximum Gasteiger partial charge on any atom is 0.272 e. The van der Waals surface area contributed by atoms with Crippen molar-refractivity contribution in [3.8, 4) is 11.5 Å². The molecule has 42 heavy (non-hydrogen) atoms. The zero-order valence-electron chi connectivity index (χ0n) is 23.2. The number of anilines is 1. The lowest BCUT2D eigenvalue weighted by Gasteiger charge is -2.39. The quantitative estimate of drug-likeness (QED) is 0.363. The van der Waals surface area contributed by atoms with Crippen LogP contribution in [-0.4, -0.2) is 82.3 Å². The molecule has 2 saturated heterocycles. The lowest BCUT2D eigenvalue weighted by molar-refractivity contribution is -0.117. The van der Waals surface area contributed by atoms with E-state index in [-0.39, 0.29) is 17.9 Å². The molecule has 7 rings (SSSR count). The molecule has 3 aliphatic heterocycles. The molecule has 0 spiro atoms. The summed E-state index contributed by atoms with van der Waals surface area (Å²) in [5.74, 6) is 1.22. The Labute approximate surface area is 242 Å². The van der Waals surface area contributed by atoms with Gasteiger partial charge in [0, 0.05) is 63.6 Å². The Bertz CT molecular complexity index is 1660. The van der Waals surface area contributed by atoms with Crippen LogP contribution in [0.25, 0.3) is 22.6 Å². The number of nitrogens with one attached hydrogen (secondary N) is 2. The third-order valence-corrected chi connectivity index (χ3v) is 7.93. The van der Waals surface area contributed by atoms with Crippen molar-refractivity contribution in [2.75, 3.05) is 44.7 Å². The van der Waals surface area contributed by atoms with Crippen LogP contribution in [-0.2, 0) is 4.79 Å². The highest BCUT2D eigenvalue weighted by Crippen LogP contribution is 2.30. The predicted molar refractivity (Wildman–Crippen MR) is 157 cm³/mol. The van der Waals surface area contributed by atoms with Gasteiger partial charge in [-0.2, -0.15) is 0 Å². The molecule has 0 aliphatic carbocycles. The van der Waals surface area contributed by atoms with Crippen molar-refractivity contribution >= 4 is 34.4 Å². The van der Waals surface area contributed by atoms with Crippen LogP contribution in [0.2, 0.25) is 0 Å². The van der Waals surface area contributed by atoms with Gasteiger partial charge in [0.15, 0.2) is 11.4 Å². The van der Waals surface area contributed by atoms with E-state index in [1.165, 1.54) is 0 Å². The average Bonchev–Trinajstić information content (AvgIpc) is 3.77. The molecular weight excluding hydrogens is 534 g/mol.